The second-order valence-electron chi connectivity index (χ2n) is 4.91. The molecule has 0 aliphatic rings. The van der Waals surface area contributed by atoms with Crippen molar-refractivity contribution in [3.8, 4) is 0 Å². The lowest BCUT2D eigenvalue weighted by Gasteiger charge is -2.08. The maximum atomic E-state index is 12.0. The molecular formula is C16H18Cl2N4OS. The van der Waals surface area contributed by atoms with Crippen LogP contribution in [0.25, 0.3) is 0 Å². The highest BCUT2D eigenvalue weighted by atomic mass is 35.5. The molecule has 0 aliphatic carbocycles. The van der Waals surface area contributed by atoms with Crippen molar-refractivity contribution >= 4 is 46.4 Å². The number of benzene rings is 1. The summed E-state index contributed by atoms with van der Waals surface area (Å²) in [4.78, 5) is 17.5. The summed E-state index contributed by atoms with van der Waals surface area (Å²) in [6.07, 6.45) is 0.869. The predicted molar refractivity (Wildman–Crippen MR) is 101 cm³/mol. The van der Waals surface area contributed by atoms with Gasteiger partial charge in [0.1, 0.15) is 0 Å². The van der Waals surface area contributed by atoms with E-state index in [0.717, 1.165) is 6.42 Å². The van der Waals surface area contributed by atoms with Crippen LogP contribution in [-0.2, 0) is 6.42 Å². The van der Waals surface area contributed by atoms with E-state index in [0.29, 0.717) is 41.2 Å². The van der Waals surface area contributed by atoms with Gasteiger partial charge in [-0.3, -0.25) is 9.79 Å². The van der Waals surface area contributed by atoms with Gasteiger partial charge in [-0.25, -0.2) is 0 Å². The van der Waals surface area contributed by atoms with Gasteiger partial charge in [-0.05, 0) is 29.6 Å². The zero-order valence-electron chi connectivity index (χ0n) is 12.9. The molecule has 4 N–H and O–H groups in total. The highest BCUT2D eigenvalue weighted by Gasteiger charge is 2.07. The van der Waals surface area contributed by atoms with Gasteiger partial charge < -0.3 is 16.4 Å². The molecule has 1 heterocycles. The number of hydrogen-bond donors (Lipinski definition) is 3. The van der Waals surface area contributed by atoms with E-state index in [1.807, 2.05) is 11.4 Å². The molecule has 0 fully saturated rings. The van der Waals surface area contributed by atoms with Gasteiger partial charge in [0.05, 0.1) is 10.0 Å². The molecule has 0 saturated carbocycles. The van der Waals surface area contributed by atoms with E-state index in [1.165, 1.54) is 10.9 Å². The molecule has 0 unspecified atom stereocenters. The van der Waals surface area contributed by atoms with Gasteiger partial charge >= 0.3 is 0 Å². The lowest BCUT2D eigenvalue weighted by atomic mass is 10.2. The molecule has 0 saturated heterocycles. The number of hydrogen-bond acceptors (Lipinski definition) is 3. The van der Waals surface area contributed by atoms with E-state index in [4.69, 9.17) is 28.9 Å². The van der Waals surface area contributed by atoms with Crippen LogP contribution < -0.4 is 16.4 Å². The minimum absolute atomic E-state index is 0.219. The van der Waals surface area contributed by atoms with Crippen molar-refractivity contribution < 1.29 is 4.79 Å². The summed E-state index contributed by atoms with van der Waals surface area (Å²) >= 11 is 13.4. The van der Waals surface area contributed by atoms with Crippen molar-refractivity contribution in [3.05, 3.63) is 56.2 Å². The maximum Gasteiger partial charge on any atom is 0.251 e. The minimum Gasteiger partial charge on any atom is -0.370 e. The molecule has 2 rings (SSSR count). The lowest BCUT2D eigenvalue weighted by molar-refractivity contribution is 0.0954. The number of carbonyl (C=O) groups excluding carboxylic acids is 1. The third kappa shape index (κ3) is 6.03. The Morgan fingerprint density at radius 3 is 2.67 bits per heavy atom. The SMILES string of the molecule is NC(=NCCc1cccs1)NCCNC(=O)c1ccc(Cl)c(Cl)c1. The molecule has 0 radical (unpaired) electrons. The first-order chi connectivity index (χ1) is 11.6. The van der Waals surface area contributed by atoms with Crippen molar-refractivity contribution in [1.29, 1.82) is 0 Å². The van der Waals surface area contributed by atoms with E-state index in [1.54, 1.807) is 23.5 Å². The number of nitrogens with two attached hydrogens (primary N) is 1. The molecule has 0 bridgehead atoms. The van der Waals surface area contributed by atoms with Crippen LogP contribution in [0.3, 0.4) is 0 Å². The largest absolute Gasteiger partial charge is 0.370 e. The summed E-state index contributed by atoms with van der Waals surface area (Å²) in [6, 6.07) is 8.84. The fourth-order valence-electron chi connectivity index (χ4n) is 1.90. The number of guanidine groups is 1. The number of thiophene rings is 1. The second kappa shape index (κ2) is 9.52. The fourth-order valence-corrected chi connectivity index (χ4v) is 2.90. The summed E-state index contributed by atoms with van der Waals surface area (Å²) in [5, 5.41) is 8.54. The Morgan fingerprint density at radius 2 is 1.96 bits per heavy atom. The van der Waals surface area contributed by atoms with Crippen LogP contribution in [0.1, 0.15) is 15.2 Å². The molecule has 0 spiro atoms. The van der Waals surface area contributed by atoms with E-state index in [9.17, 15) is 4.79 Å². The molecule has 5 nitrogen and oxygen atoms in total. The van der Waals surface area contributed by atoms with Crippen LogP contribution in [0.2, 0.25) is 10.0 Å². The summed E-state index contributed by atoms with van der Waals surface area (Å²) in [7, 11) is 0. The summed E-state index contributed by atoms with van der Waals surface area (Å²) < 4.78 is 0. The summed E-state index contributed by atoms with van der Waals surface area (Å²) in [6.45, 7) is 1.54. The third-order valence-electron chi connectivity index (χ3n) is 3.12. The summed E-state index contributed by atoms with van der Waals surface area (Å²) in [5.41, 5.74) is 6.24. The number of aliphatic imine (C=N–C) groups is 1. The number of halogens is 2. The van der Waals surface area contributed by atoms with Gasteiger partial charge in [0, 0.05) is 36.5 Å². The molecule has 1 aromatic carbocycles. The highest BCUT2D eigenvalue weighted by Crippen LogP contribution is 2.22. The van der Waals surface area contributed by atoms with E-state index < -0.39 is 0 Å². The van der Waals surface area contributed by atoms with Crippen molar-refractivity contribution in [2.24, 2.45) is 10.7 Å². The van der Waals surface area contributed by atoms with Crippen molar-refractivity contribution in [1.82, 2.24) is 10.6 Å². The monoisotopic (exact) mass is 384 g/mol. The number of carbonyl (C=O) groups is 1. The van der Waals surface area contributed by atoms with Crippen LogP contribution in [0, 0.1) is 0 Å². The smallest absolute Gasteiger partial charge is 0.251 e. The van der Waals surface area contributed by atoms with Crippen molar-refractivity contribution in [2.45, 2.75) is 6.42 Å². The zero-order valence-corrected chi connectivity index (χ0v) is 15.2. The van der Waals surface area contributed by atoms with Gasteiger partial charge in [-0.2, -0.15) is 0 Å². The predicted octanol–water partition coefficient (Wildman–Crippen LogP) is 2.93. The Morgan fingerprint density at radius 1 is 1.17 bits per heavy atom. The molecule has 2 aromatic rings. The van der Waals surface area contributed by atoms with Crippen LogP contribution in [-0.4, -0.2) is 31.5 Å². The molecule has 8 heteroatoms. The Hall–Kier alpha value is -1.76. The summed E-state index contributed by atoms with van der Waals surface area (Å²) in [5.74, 6) is 0.152. The zero-order chi connectivity index (χ0) is 17.4. The molecular weight excluding hydrogens is 367 g/mol. The van der Waals surface area contributed by atoms with Gasteiger partial charge in [0.15, 0.2) is 5.96 Å². The van der Waals surface area contributed by atoms with Gasteiger partial charge in [-0.15, -0.1) is 11.3 Å². The van der Waals surface area contributed by atoms with Gasteiger partial charge in [-0.1, -0.05) is 29.3 Å². The first kappa shape index (κ1) is 18.6. The average Bonchev–Trinajstić information content (AvgIpc) is 3.07. The Kier molecular flexibility index (Phi) is 7.36. The first-order valence-electron chi connectivity index (χ1n) is 7.35. The molecule has 1 amide bonds. The first-order valence-corrected chi connectivity index (χ1v) is 8.99. The third-order valence-corrected chi connectivity index (χ3v) is 4.79. The van der Waals surface area contributed by atoms with Crippen LogP contribution >= 0.6 is 34.5 Å². The topological polar surface area (TPSA) is 79.5 Å². The average molecular weight is 385 g/mol. The van der Waals surface area contributed by atoms with Gasteiger partial charge in [0.25, 0.3) is 5.91 Å². The quantitative estimate of drug-likeness (QED) is 0.390. The van der Waals surface area contributed by atoms with E-state index in [2.05, 4.69) is 21.7 Å². The lowest BCUT2D eigenvalue weighted by Crippen LogP contribution is -2.38. The molecule has 1 aromatic heterocycles. The van der Waals surface area contributed by atoms with Crippen molar-refractivity contribution in [2.75, 3.05) is 19.6 Å². The Bertz CT molecular complexity index is 704. The van der Waals surface area contributed by atoms with E-state index >= 15 is 0 Å². The van der Waals surface area contributed by atoms with Crippen molar-refractivity contribution in [3.63, 3.8) is 0 Å². The van der Waals surface area contributed by atoms with Crippen LogP contribution in [0.15, 0.2) is 40.7 Å². The number of amides is 1. The molecule has 128 valence electrons. The maximum absolute atomic E-state index is 12.0. The molecule has 0 aliphatic heterocycles. The molecule has 0 atom stereocenters. The Balaban J connectivity index is 1.66. The number of nitrogens with one attached hydrogen (secondary N) is 2. The van der Waals surface area contributed by atoms with Crippen LogP contribution in [0.5, 0.6) is 0 Å². The minimum atomic E-state index is -0.219. The molecule has 24 heavy (non-hydrogen) atoms. The second-order valence-corrected chi connectivity index (χ2v) is 6.75. The van der Waals surface area contributed by atoms with E-state index in [-0.39, 0.29) is 5.91 Å². The normalized spacial score (nSPS) is 11.3. The number of nitrogens with zero attached hydrogens (tertiary/aromatic N) is 1. The van der Waals surface area contributed by atoms with Crippen LogP contribution in [0.4, 0.5) is 0 Å². The highest BCUT2D eigenvalue weighted by molar-refractivity contribution is 7.09. The fraction of sp³-hybridized carbons (Fsp3) is 0.250. The van der Waals surface area contributed by atoms with Gasteiger partial charge in [0.2, 0.25) is 0 Å². The number of rotatable bonds is 7. The Labute approximate surface area is 154 Å². The standard InChI is InChI=1S/C16H18Cl2N4OS/c17-13-4-3-11(10-14(13)18)15(23)20-7-8-22-16(19)21-6-5-12-2-1-9-24-12/h1-4,9-10H,5-8H2,(H,20,23)(H3,19,21,22).